The van der Waals surface area contributed by atoms with Crippen molar-refractivity contribution < 1.29 is 22.7 Å². The van der Waals surface area contributed by atoms with Crippen LogP contribution in [0.5, 0.6) is 0 Å². The van der Waals surface area contributed by atoms with E-state index in [9.17, 15) is 18.0 Å². The lowest BCUT2D eigenvalue weighted by Gasteiger charge is -2.39. The first-order chi connectivity index (χ1) is 15.7. The van der Waals surface area contributed by atoms with Crippen molar-refractivity contribution in [2.45, 2.75) is 70.6 Å². The highest BCUT2D eigenvalue weighted by Gasteiger charge is 2.49. The minimum Gasteiger partial charge on any atom is -0.381 e. The van der Waals surface area contributed by atoms with Crippen molar-refractivity contribution in [1.29, 1.82) is 0 Å². The highest BCUT2D eigenvalue weighted by Crippen LogP contribution is 2.47. The molecule has 0 radical (unpaired) electrons. The maximum Gasteiger partial charge on any atom is 0.416 e. The number of nitrogens with zero attached hydrogens (tertiary/aromatic N) is 1. The van der Waals surface area contributed by atoms with E-state index >= 15 is 0 Å². The van der Waals surface area contributed by atoms with Crippen LogP contribution < -0.4 is 5.32 Å². The van der Waals surface area contributed by atoms with Crippen molar-refractivity contribution in [3.8, 4) is 0 Å². The Hall–Kier alpha value is -1.86. The third-order valence-electron chi connectivity index (χ3n) is 7.85. The van der Waals surface area contributed by atoms with Gasteiger partial charge in [0.2, 0.25) is 5.91 Å². The Balaban J connectivity index is 1.45. The first-order valence-corrected chi connectivity index (χ1v) is 12.2. The van der Waals surface area contributed by atoms with Crippen LogP contribution in [0.2, 0.25) is 0 Å². The first-order valence-electron chi connectivity index (χ1n) is 12.2. The number of benzene rings is 1. The zero-order chi connectivity index (χ0) is 23.6. The zero-order valence-corrected chi connectivity index (χ0v) is 19.6. The summed E-state index contributed by atoms with van der Waals surface area (Å²) in [6.07, 6.45) is 2.55. The number of amides is 1. The van der Waals surface area contributed by atoms with Gasteiger partial charge >= 0.3 is 6.18 Å². The summed E-state index contributed by atoms with van der Waals surface area (Å²) in [5.41, 5.74) is -0.0984. The fraction of sp³-hybridized carbons (Fsp3) is 0.654. The van der Waals surface area contributed by atoms with Gasteiger partial charge in [0.1, 0.15) is 0 Å². The molecule has 1 saturated carbocycles. The van der Waals surface area contributed by atoms with E-state index in [1.165, 1.54) is 12.1 Å². The Labute approximate surface area is 194 Å². The lowest BCUT2D eigenvalue weighted by molar-refractivity contribution is -0.144. The number of alkyl halides is 3. The second-order valence-electron chi connectivity index (χ2n) is 10.1. The summed E-state index contributed by atoms with van der Waals surface area (Å²) in [5.74, 6) is 0.371. The van der Waals surface area contributed by atoms with Crippen LogP contribution in [0.15, 0.2) is 30.3 Å². The van der Waals surface area contributed by atoms with Gasteiger partial charge in [0.25, 0.3) is 0 Å². The average molecular weight is 465 g/mol. The minimum absolute atomic E-state index is 0.160. The standard InChI is InChI=1S/C26H35F3N2O2/c1-18(2)25(12-7-21(17-25)30-20-10-15-33-16-11-20)24(32)31-13-8-19(9-14-31)22-5-3-4-6-23(22)26(27,28)29/h3-6,8,18,20-21,30H,7,9-17H2,1-2H3. The smallest absolute Gasteiger partial charge is 0.381 e. The number of carbonyl (C=O) groups excluding carboxylic acids is 1. The Kier molecular flexibility index (Phi) is 7.20. The van der Waals surface area contributed by atoms with E-state index in [2.05, 4.69) is 19.2 Å². The molecule has 1 aromatic rings. The molecule has 182 valence electrons. The zero-order valence-electron chi connectivity index (χ0n) is 19.6. The summed E-state index contributed by atoms with van der Waals surface area (Å²) in [4.78, 5) is 15.6. The van der Waals surface area contributed by atoms with Crippen LogP contribution in [0.1, 0.15) is 63.5 Å². The summed E-state index contributed by atoms with van der Waals surface area (Å²) in [5, 5.41) is 3.76. The largest absolute Gasteiger partial charge is 0.416 e. The predicted octanol–water partition coefficient (Wildman–Crippen LogP) is 5.28. The summed E-state index contributed by atoms with van der Waals surface area (Å²) < 4.78 is 45.8. The van der Waals surface area contributed by atoms with Gasteiger partial charge in [-0.1, -0.05) is 38.1 Å². The second kappa shape index (κ2) is 9.79. The molecule has 1 saturated heterocycles. The van der Waals surface area contributed by atoms with E-state index in [1.807, 2.05) is 11.0 Å². The molecule has 2 heterocycles. The molecular formula is C26H35F3N2O2. The van der Waals surface area contributed by atoms with Crippen LogP contribution in [0.3, 0.4) is 0 Å². The number of ether oxygens (including phenoxy) is 1. The molecule has 7 heteroatoms. The molecule has 3 aliphatic rings. The van der Waals surface area contributed by atoms with E-state index in [4.69, 9.17) is 4.74 Å². The molecule has 2 atom stereocenters. The van der Waals surface area contributed by atoms with Crippen molar-refractivity contribution in [1.82, 2.24) is 10.2 Å². The van der Waals surface area contributed by atoms with Crippen LogP contribution in [0.4, 0.5) is 13.2 Å². The van der Waals surface area contributed by atoms with Gasteiger partial charge < -0.3 is 15.0 Å². The Morgan fingerprint density at radius 3 is 2.52 bits per heavy atom. The SMILES string of the molecule is CC(C)C1(C(=O)N2CC=C(c3ccccc3C(F)(F)F)CC2)CCC(NC2CCOCC2)C1. The topological polar surface area (TPSA) is 41.6 Å². The van der Waals surface area contributed by atoms with Gasteiger partial charge in [-0.3, -0.25) is 4.79 Å². The summed E-state index contributed by atoms with van der Waals surface area (Å²) in [6.45, 7) is 6.66. The predicted molar refractivity (Wildman–Crippen MR) is 123 cm³/mol. The lowest BCUT2D eigenvalue weighted by Crippen LogP contribution is -2.48. The molecule has 33 heavy (non-hydrogen) atoms. The van der Waals surface area contributed by atoms with Crippen molar-refractivity contribution >= 4 is 11.5 Å². The van der Waals surface area contributed by atoms with Crippen molar-refractivity contribution in [2.24, 2.45) is 11.3 Å². The van der Waals surface area contributed by atoms with E-state index < -0.39 is 17.2 Å². The maximum atomic E-state index is 13.7. The molecule has 2 unspecified atom stereocenters. The summed E-state index contributed by atoms with van der Waals surface area (Å²) in [6, 6.07) is 6.51. The minimum atomic E-state index is -4.39. The number of hydrogen-bond donors (Lipinski definition) is 1. The van der Waals surface area contributed by atoms with Gasteiger partial charge in [-0.05, 0) is 61.6 Å². The van der Waals surface area contributed by atoms with Gasteiger partial charge in [0.15, 0.2) is 0 Å². The van der Waals surface area contributed by atoms with Crippen LogP contribution in [-0.2, 0) is 15.7 Å². The quantitative estimate of drug-likeness (QED) is 0.644. The molecule has 1 aliphatic carbocycles. The molecule has 0 aromatic heterocycles. The molecule has 2 fully saturated rings. The van der Waals surface area contributed by atoms with Crippen molar-refractivity contribution in [2.75, 3.05) is 26.3 Å². The van der Waals surface area contributed by atoms with Crippen LogP contribution in [0.25, 0.3) is 5.57 Å². The van der Waals surface area contributed by atoms with Crippen molar-refractivity contribution in [3.05, 3.63) is 41.5 Å². The van der Waals surface area contributed by atoms with Crippen LogP contribution in [-0.4, -0.2) is 49.2 Å². The van der Waals surface area contributed by atoms with Gasteiger partial charge in [-0.15, -0.1) is 0 Å². The molecular weight excluding hydrogens is 429 g/mol. The number of hydrogen-bond acceptors (Lipinski definition) is 3. The normalized spacial score (nSPS) is 27.2. The number of carbonyl (C=O) groups is 1. The second-order valence-corrected chi connectivity index (χ2v) is 10.1. The fourth-order valence-electron chi connectivity index (χ4n) is 5.80. The number of rotatable bonds is 5. The lowest BCUT2D eigenvalue weighted by atomic mass is 9.74. The highest BCUT2D eigenvalue weighted by atomic mass is 19.4. The highest BCUT2D eigenvalue weighted by molar-refractivity contribution is 5.85. The van der Waals surface area contributed by atoms with Crippen LogP contribution >= 0.6 is 0 Å². The third-order valence-corrected chi connectivity index (χ3v) is 7.85. The maximum absolute atomic E-state index is 13.7. The molecule has 1 N–H and O–H groups in total. The van der Waals surface area contributed by atoms with Crippen LogP contribution in [0, 0.1) is 11.3 Å². The van der Waals surface area contributed by atoms with E-state index in [1.54, 1.807) is 6.07 Å². The Morgan fingerprint density at radius 1 is 1.15 bits per heavy atom. The van der Waals surface area contributed by atoms with Gasteiger partial charge in [0, 0.05) is 38.4 Å². The average Bonchev–Trinajstić information content (AvgIpc) is 3.24. The summed E-state index contributed by atoms with van der Waals surface area (Å²) >= 11 is 0. The Bertz CT molecular complexity index is 877. The molecule has 0 bridgehead atoms. The monoisotopic (exact) mass is 464 g/mol. The molecule has 1 amide bonds. The Morgan fingerprint density at radius 2 is 1.88 bits per heavy atom. The van der Waals surface area contributed by atoms with E-state index in [0.29, 0.717) is 37.2 Å². The van der Waals surface area contributed by atoms with Gasteiger partial charge in [-0.25, -0.2) is 0 Å². The van der Waals surface area contributed by atoms with E-state index in [-0.39, 0.29) is 17.4 Å². The summed E-state index contributed by atoms with van der Waals surface area (Å²) in [7, 11) is 0. The van der Waals surface area contributed by atoms with Gasteiger partial charge in [0.05, 0.1) is 11.0 Å². The fourth-order valence-corrected chi connectivity index (χ4v) is 5.80. The molecule has 0 spiro atoms. The number of halogens is 3. The first kappa shape index (κ1) is 24.3. The third kappa shape index (κ3) is 5.14. The van der Waals surface area contributed by atoms with Gasteiger partial charge in [-0.2, -0.15) is 13.2 Å². The molecule has 4 nitrogen and oxygen atoms in total. The molecule has 2 aliphatic heterocycles. The molecule has 4 rings (SSSR count). The van der Waals surface area contributed by atoms with Crippen molar-refractivity contribution in [3.63, 3.8) is 0 Å². The molecule has 1 aromatic carbocycles. The number of nitrogens with one attached hydrogen (secondary N) is 1. The van der Waals surface area contributed by atoms with E-state index in [0.717, 1.165) is 51.4 Å².